The smallest absolute Gasteiger partial charge is 0.315 e. The number of fused-ring (bicyclic) bond motifs is 2. The molecule has 2 aromatic rings. The van der Waals surface area contributed by atoms with Crippen LogP contribution < -0.4 is 21.7 Å². The van der Waals surface area contributed by atoms with E-state index in [1.54, 1.807) is 6.92 Å². The highest BCUT2D eigenvalue weighted by Gasteiger charge is 2.49. The molecule has 3 amide bonds. The Kier molecular flexibility index (Phi) is 18.8. The predicted octanol–water partition coefficient (Wildman–Crippen LogP) is 2.28. The first-order valence-electron chi connectivity index (χ1n) is 22.3. The van der Waals surface area contributed by atoms with E-state index in [1.165, 1.54) is 17.2 Å². The van der Waals surface area contributed by atoms with Crippen LogP contribution in [0.4, 0.5) is 10.6 Å². The molecule has 64 heavy (non-hydrogen) atoms. The minimum absolute atomic E-state index is 0.00841. The van der Waals surface area contributed by atoms with Gasteiger partial charge in [0, 0.05) is 69.3 Å². The van der Waals surface area contributed by atoms with E-state index in [0.29, 0.717) is 94.1 Å². The van der Waals surface area contributed by atoms with Gasteiger partial charge in [-0.2, -0.15) is 22.0 Å². The van der Waals surface area contributed by atoms with E-state index in [2.05, 4.69) is 41.1 Å². The number of aliphatic hydroxyl groups excluding tert-OH is 1. The first-order valence-corrected chi connectivity index (χ1v) is 23.3. The third-order valence-corrected chi connectivity index (χ3v) is 12.8. The van der Waals surface area contributed by atoms with Crippen LogP contribution in [0.3, 0.4) is 0 Å². The Bertz CT molecular complexity index is 1900. The van der Waals surface area contributed by atoms with Gasteiger partial charge >= 0.3 is 18.0 Å². The van der Waals surface area contributed by atoms with Gasteiger partial charge in [0.05, 0.1) is 44.8 Å². The number of esters is 2. The van der Waals surface area contributed by atoms with Gasteiger partial charge in [-0.3, -0.25) is 23.7 Å². The summed E-state index contributed by atoms with van der Waals surface area (Å²) in [5.74, 6) is 0.0107. The lowest BCUT2D eigenvalue weighted by atomic mass is 10.0. The zero-order valence-corrected chi connectivity index (χ0v) is 37.2. The van der Waals surface area contributed by atoms with Gasteiger partial charge in [-0.05, 0) is 45.4 Å². The minimum Gasteiger partial charge on any atom is -0.463 e. The van der Waals surface area contributed by atoms with Gasteiger partial charge in [0.25, 0.3) is 0 Å². The Morgan fingerprint density at radius 3 is 2.41 bits per heavy atom. The van der Waals surface area contributed by atoms with Gasteiger partial charge in [-0.1, -0.05) is 6.42 Å². The van der Waals surface area contributed by atoms with Crippen molar-refractivity contribution < 1.29 is 57.5 Å². The topological polar surface area (TPSA) is 291 Å². The predicted molar refractivity (Wildman–Crippen MR) is 230 cm³/mol. The molecular weight excluding hydrogens is 857 g/mol. The number of nitrogens with one attached hydrogen (secondary N) is 3. The summed E-state index contributed by atoms with van der Waals surface area (Å²) in [6, 6.07) is 0.393. The molecule has 0 radical (unpaired) electrons. The lowest BCUT2D eigenvalue weighted by Crippen LogP contribution is -2.37. The maximum Gasteiger partial charge on any atom is 0.315 e. The average Bonchev–Trinajstić information content (AvgIpc) is 3.57. The van der Waals surface area contributed by atoms with E-state index < -0.39 is 42.1 Å². The molecule has 0 spiro atoms. The highest BCUT2D eigenvalue weighted by Crippen LogP contribution is 2.37. The zero-order valence-electron chi connectivity index (χ0n) is 36.4. The second kappa shape index (κ2) is 24.7. The van der Waals surface area contributed by atoms with Gasteiger partial charge in [0.15, 0.2) is 29.5 Å². The molecule has 0 bridgehead atoms. The van der Waals surface area contributed by atoms with Gasteiger partial charge in [-0.25, -0.2) is 19.7 Å². The number of urea groups is 1. The Morgan fingerprint density at radius 2 is 1.64 bits per heavy atom. The fourth-order valence-electron chi connectivity index (χ4n) is 7.63. The van der Waals surface area contributed by atoms with Gasteiger partial charge in [-0.15, -0.1) is 0 Å². The first kappa shape index (κ1) is 48.9. The van der Waals surface area contributed by atoms with Crippen LogP contribution in [-0.4, -0.2) is 154 Å². The summed E-state index contributed by atoms with van der Waals surface area (Å²) in [5, 5.41) is 28.2. The molecule has 4 aliphatic heterocycles. The number of hydrogen-bond acceptors (Lipinski definition) is 19. The van der Waals surface area contributed by atoms with Crippen LogP contribution in [-0.2, 0) is 47.6 Å². The summed E-state index contributed by atoms with van der Waals surface area (Å²) in [4.78, 5) is 73.8. The fourth-order valence-corrected chi connectivity index (χ4v) is 9.18. The number of amides is 3. The van der Waals surface area contributed by atoms with E-state index in [1.807, 2.05) is 11.8 Å². The number of carbonyl (C=O) groups is 5. The number of aliphatic hydroxyl groups is 1. The molecule has 6 N–H and O–H groups in total. The molecule has 7 atom stereocenters. The summed E-state index contributed by atoms with van der Waals surface area (Å²) >= 11 is 1.90. The average molecular weight is 919 g/mol. The number of nitrogens with two attached hydrogens (primary N) is 1. The van der Waals surface area contributed by atoms with Crippen LogP contribution in [0.5, 0.6) is 0 Å². The van der Waals surface area contributed by atoms with Crippen molar-refractivity contribution in [3.8, 4) is 0 Å². The number of anilines is 1. The molecular formula is C41H62N10O12S. The van der Waals surface area contributed by atoms with Crippen molar-refractivity contribution in [3.63, 3.8) is 0 Å². The third-order valence-electron chi connectivity index (χ3n) is 11.3. The summed E-state index contributed by atoms with van der Waals surface area (Å²) in [7, 11) is 0. The summed E-state index contributed by atoms with van der Waals surface area (Å²) in [5.41, 5.74) is 5.93. The third kappa shape index (κ3) is 15.0. The van der Waals surface area contributed by atoms with E-state index in [0.717, 1.165) is 37.9 Å². The number of rotatable bonds is 31. The largest absolute Gasteiger partial charge is 0.463 e. The van der Waals surface area contributed by atoms with Crippen molar-refractivity contribution in [2.75, 3.05) is 64.3 Å². The lowest BCUT2D eigenvalue weighted by molar-refractivity contribution is -0.158. The first-order chi connectivity index (χ1) is 31.0. The van der Waals surface area contributed by atoms with Crippen molar-refractivity contribution in [1.29, 1.82) is 0 Å². The number of carbonyl (C=O) groups excluding carboxylic acids is 5. The van der Waals surface area contributed by atoms with E-state index in [-0.39, 0.29) is 62.1 Å². The number of ketones is 1. The fraction of sp³-hybridized carbons (Fsp3) is 0.756. The number of nitrogen functional groups attached to an aromatic ring is 1. The number of imidazole rings is 1. The number of nitrogens with zero attached hydrogens (tertiary/aromatic N) is 6. The van der Waals surface area contributed by atoms with Crippen LogP contribution in [0.1, 0.15) is 96.6 Å². The van der Waals surface area contributed by atoms with E-state index >= 15 is 0 Å². The molecule has 6 rings (SSSR count). The standard InChI is InChI=1S/C41H62N10O12S/c1-41(49-50-41)14-13-32(55)63-36-35(56)28(62-39(36)51-25-46-34-37(42)44-24-45-38(34)51)22-61-31(54)12-6-11-30(53)43-15-7-17-59-19-21-60-20-18-58-16-5-4-9-26(52)8-2-3-10-29-33-27(23-64-29)47-40(57)48-33/h24-25,27-29,33,35-36,39,56H,2-23H2,1H3,(H,43,53)(H2,42,44,45)(H2,47,48,57)/t27-,28-,29-,33-,35+,36-,39-/m1/s1. The summed E-state index contributed by atoms with van der Waals surface area (Å²) in [6.45, 7) is 4.68. The quantitative estimate of drug-likeness (QED) is 0.0412. The Hall–Kier alpha value is -4.55. The highest BCUT2D eigenvalue weighted by molar-refractivity contribution is 8.00. The second-order valence-electron chi connectivity index (χ2n) is 16.5. The van der Waals surface area contributed by atoms with Crippen LogP contribution in [0.15, 0.2) is 22.9 Å². The number of thioether (sulfide) groups is 1. The van der Waals surface area contributed by atoms with Crippen LogP contribution in [0.25, 0.3) is 11.2 Å². The van der Waals surface area contributed by atoms with Crippen molar-refractivity contribution in [2.45, 2.75) is 138 Å². The van der Waals surface area contributed by atoms with E-state index in [4.69, 9.17) is 34.2 Å². The molecule has 6 heterocycles. The summed E-state index contributed by atoms with van der Waals surface area (Å²) < 4.78 is 35.3. The van der Waals surface area contributed by atoms with Gasteiger partial charge in [0.1, 0.15) is 36.4 Å². The van der Waals surface area contributed by atoms with Crippen molar-refractivity contribution >= 4 is 58.4 Å². The number of ether oxygens (including phenoxy) is 6. The number of hydrogen-bond donors (Lipinski definition) is 5. The molecule has 3 fully saturated rings. The molecule has 22 nitrogen and oxygen atoms in total. The molecule has 0 saturated carbocycles. The maximum absolute atomic E-state index is 12.8. The molecule has 0 aliphatic carbocycles. The van der Waals surface area contributed by atoms with Crippen molar-refractivity contribution in [1.82, 2.24) is 35.5 Å². The van der Waals surface area contributed by atoms with Crippen LogP contribution in [0, 0.1) is 0 Å². The number of Topliss-reactive ketones (excluding diaryl/α,β-unsaturated/α-hetero) is 1. The van der Waals surface area contributed by atoms with Gasteiger partial charge in [0.2, 0.25) is 5.91 Å². The normalized spacial score (nSPS) is 24.0. The lowest BCUT2D eigenvalue weighted by Gasteiger charge is -2.22. The molecule has 23 heteroatoms. The molecule has 0 aromatic carbocycles. The number of aromatic nitrogens is 4. The highest BCUT2D eigenvalue weighted by atomic mass is 32.2. The molecule has 3 saturated heterocycles. The van der Waals surface area contributed by atoms with Crippen molar-refractivity contribution in [2.24, 2.45) is 10.2 Å². The molecule has 2 aromatic heterocycles. The van der Waals surface area contributed by atoms with Crippen LogP contribution >= 0.6 is 11.8 Å². The maximum atomic E-state index is 12.8. The Balaban J connectivity index is 0.724. The molecule has 0 unspecified atom stereocenters. The summed E-state index contributed by atoms with van der Waals surface area (Å²) in [6.07, 6.45) is 5.03. The van der Waals surface area contributed by atoms with Crippen LogP contribution in [0.2, 0.25) is 0 Å². The van der Waals surface area contributed by atoms with Crippen molar-refractivity contribution in [3.05, 3.63) is 12.7 Å². The second-order valence-corrected chi connectivity index (χ2v) is 17.7. The molecule has 354 valence electrons. The zero-order chi connectivity index (χ0) is 45.3. The monoisotopic (exact) mass is 918 g/mol. The number of unbranched alkanes of at least 4 members (excludes halogenated alkanes) is 2. The Morgan fingerprint density at radius 1 is 0.906 bits per heavy atom. The van der Waals surface area contributed by atoms with Gasteiger partial charge < -0.3 is 55.2 Å². The van der Waals surface area contributed by atoms with E-state index in [9.17, 15) is 29.1 Å². The minimum atomic E-state index is -1.36. The SMILES string of the molecule is CC1(CCC(=O)O[C@@H]2[C@@H](O)[C@@H](COC(=O)CCCC(=O)NCCCOCCOCCOCCCCC(=O)CCCC[C@H]3SC[C@H]4NC(=O)N[C@H]43)O[C@H]2n2cnc3c(N)ncnc32)N=N1. The Labute approximate surface area is 375 Å². The molecule has 4 aliphatic rings.